The first-order valence-electron chi connectivity index (χ1n) is 6.50. The molecule has 0 atom stereocenters. The fourth-order valence-electron chi connectivity index (χ4n) is 1.91. The molecular weight excluding hydrogens is 250 g/mol. The number of nitrogens with two attached hydrogens (primary N) is 1. The number of nitrogens with zero attached hydrogens (tertiary/aromatic N) is 1. The molecule has 0 spiro atoms. The predicted molar refractivity (Wildman–Crippen MR) is 81.5 cm³/mol. The summed E-state index contributed by atoms with van der Waals surface area (Å²) in [4.78, 5) is 16.7. The van der Waals surface area contributed by atoms with Crippen molar-refractivity contribution in [3.05, 3.63) is 53.7 Å². The second kappa shape index (κ2) is 5.33. The molecule has 1 amide bonds. The molecule has 0 bridgehead atoms. The number of amides is 1. The second-order valence-electron chi connectivity index (χ2n) is 5.37. The minimum Gasteiger partial charge on any atom is -0.399 e. The first-order chi connectivity index (χ1) is 9.41. The van der Waals surface area contributed by atoms with Gasteiger partial charge in [-0.3, -0.25) is 4.79 Å². The molecule has 0 aliphatic heterocycles. The maximum atomic E-state index is 12.5. The van der Waals surface area contributed by atoms with Crippen molar-refractivity contribution in [2.24, 2.45) is 0 Å². The van der Waals surface area contributed by atoms with Gasteiger partial charge in [0.25, 0.3) is 0 Å². The van der Waals surface area contributed by atoms with Gasteiger partial charge in [-0.25, -0.2) is 4.98 Å². The van der Waals surface area contributed by atoms with E-state index in [4.69, 9.17) is 5.73 Å². The molecule has 2 rings (SSSR count). The van der Waals surface area contributed by atoms with Gasteiger partial charge < -0.3 is 11.1 Å². The van der Waals surface area contributed by atoms with E-state index >= 15 is 0 Å². The summed E-state index contributed by atoms with van der Waals surface area (Å²) in [5.41, 5.74) is 7.56. The van der Waals surface area contributed by atoms with E-state index in [0.29, 0.717) is 11.5 Å². The molecule has 4 heteroatoms. The van der Waals surface area contributed by atoms with Crippen LogP contribution in [0, 0.1) is 6.92 Å². The Balaban J connectivity index is 2.23. The molecule has 0 aliphatic rings. The highest BCUT2D eigenvalue weighted by Gasteiger charge is 2.30. The van der Waals surface area contributed by atoms with Gasteiger partial charge in [-0.2, -0.15) is 0 Å². The van der Waals surface area contributed by atoms with Crippen molar-refractivity contribution >= 4 is 17.4 Å². The van der Waals surface area contributed by atoms with Crippen molar-refractivity contribution in [1.82, 2.24) is 4.98 Å². The molecular formula is C16H19N3O. The largest absolute Gasteiger partial charge is 0.399 e. The lowest BCUT2D eigenvalue weighted by atomic mass is 9.83. The van der Waals surface area contributed by atoms with Crippen molar-refractivity contribution in [3.63, 3.8) is 0 Å². The van der Waals surface area contributed by atoms with Crippen LogP contribution in [-0.2, 0) is 10.2 Å². The number of benzene rings is 1. The summed E-state index contributed by atoms with van der Waals surface area (Å²) < 4.78 is 0. The van der Waals surface area contributed by atoms with Crippen LogP contribution >= 0.6 is 0 Å². The van der Waals surface area contributed by atoms with Gasteiger partial charge in [0.1, 0.15) is 5.82 Å². The fourth-order valence-corrected chi connectivity index (χ4v) is 1.91. The third-order valence-corrected chi connectivity index (χ3v) is 3.44. The van der Waals surface area contributed by atoms with Crippen molar-refractivity contribution in [3.8, 4) is 0 Å². The van der Waals surface area contributed by atoms with Gasteiger partial charge in [-0.15, -0.1) is 0 Å². The van der Waals surface area contributed by atoms with Gasteiger partial charge in [0.15, 0.2) is 0 Å². The van der Waals surface area contributed by atoms with Crippen LogP contribution in [-0.4, -0.2) is 10.9 Å². The molecule has 0 saturated heterocycles. The van der Waals surface area contributed by atoms with Crippen LogP contribution in [0.4, 0.5) is 11.5 Å². The SMILES string of the molecule is Cc1cccnc1NC(=O)C(C)(C)c1ccc(N)cc1. The number of hydrogen-bond donors (Lipinski definition) is 2. The topological polar surface area (TPSA) is 68.0 Å². The number of nitrogen functional groups attached to an aromatic ring is 1. The lowest BCUT2D eigenvalue weighted by Gasteiger charge is -2.24. The van der Waals surface area contributed by atoms with Gasteiger partial charge in [-0.05, 0) is 50.1 Å². The van der Waals surface area contributed by atoms with Crippen LogP contribution in [0.15, 0.2) is 42.6 Å². The molecule has 0 fully saturated rings. The molecule has 2 aromatic rings. The Bertz CT molecular complexity index is 618. The minimum absolute atomic E-state index is 0.0935. The van der Waals surface area contributed by atoms with Gasteiger partial charge in [0.2, 0.25) is 5.91 Å². The third-order valence-electron chi connectivity index (χ3n) is 3.44. The van der Waals surface area contributed by atoms with Crippen molar-refractivity contribution in [2.45, 2.75) is 26.2 Å². The van der Waals surface area contributed by atoms with Crippen LogP contribution in [0.1, 0.15) is 25.0 Å². The molecule has 4 nitrogen and oxygen atoms in total. The predicted octanol–water partition coefficient (Wildman–Crippen LogP) is 2.89. The maximum Gasteiger partial charge on any atom is 0.235 e. The molecule has 1 aromatic heterocycles. The van der Waals surface area contributed by atoms with E-state index < -0.39 is 5.41 Å². The second-order valence-corrected chi connectivity index (χ2v) is 5.37. The minimum atomic E-state index is -0.655. The molecule has 0 saturated carbocycles. The monoisotopic (exact) mass is 269 g/mol. The summed E-state index contributed by atoms with van der Waals surface area (Å²) in [7, 11) is 0. The van der Waals surface area contributed by atoms with Crippen molar-refractivity contribution < 1.29 is 4.79 Å². The zero-order chi connectivity index (χ0) is 14.8. The molecule has 0 aliphatic carbocycles. The smallest absolute Gasteiger partial charge is 0.235 e. The summed E-state index contributed by atoms with van der Waals surface area (Å²) in [6.45, 7) is 5.68. The highest BCUT2D eigenvalue weighted by Crippen LogP contribution is 2.26. The summed E-state index contributed by atoms with van der Waals surface area (Å²) in [5, 5.41) is 2.88. The average molecular weight is 269 g/mol. The van der Waals surface area contributed by atoms with Crippen LogP contribution < -0.4 is 11.1 Å². The van der Waals surface area contributed by atoms with Gasteiger partial charge >= 0.3 is 0 Å². The molecule has 1 aromatic carbocycles. The number of aryl methyl sites for hydroxylation is 1. The summed E-state index contributed by atoms with van der Waals surface area (Å²) in [5.74, 6) is 0.505. The number of carbonyl (C=O) groups excluding carboxylic acids is 1. The molecule has 3 N–H and O–H groups in total. The first kappa shape index (κ1) is 14.1. The Morgan fingerprint density at radius 2 is 1.85 bits per heavy atom. The molecule has 0 radical (unpaired) electrons. The van der Waals surface area contributed by atoms with E-state index in [1.807, 2.05) is 45.0 Å². The quantitative estimate of drug-likeness (QED) is 0.842. The highest BCUT2D eigenvalue weighted by molar-refractivity contribution is 5.98. The van der Waals surface area contributed by atoms with Crippen LogP contribution in [0.2, 0.25) is 0 Å². The number of pyridine rings is 1. The molecule has 0 unspecified atom stereocenters. The number of hydrogen-bond acceptors (Lipinski definition) is 3. The van der Waals surface area contributed by atoms with E-state index in [1.54, 1.807) is 18.3 Å². The lowest BCUT2D eigenvalue weighted by Crippen LogP contribution is -2.35. The summed E-state index contributed by atoms with van der Waals surface area (Å²) in [6, 6.07) is 11.1. The highest BCUT2D eigenvalue weighted by atomic mass is 16.2. The normalized spacial score (nSPS) is 11.2. The summed E-state index contributed by atoms with van der Waals surface area (Å²) >= 11 is 0. The van der Waals surface area contributed by atoms with Gasteiger partial charge in [-0.1, -0.05) is 18.2 Å². The molecule has 1 heterocycles. The zero-order valence-corrected chi connectivity index (χ0v) is 12.0. The van der Waals surface area contributed by atoms with E-state index in [9.17, 15) is 4.79 Å². The Morgan fingerprint density at radius 1 is 1.20 bits per heavy atom. The van der Waals surface area contributed by atoms with Crippen LogP contribution in [0.25, 0.3) is 0 Å². The number of aromatic nitrogens is 1. The van der Waals surface area contributed by atoms with Gasteiger partial charge in [0, 0.05) is 11.9 Å². The van der Waals surface area contributed by atoms with Crippen LogP contribution in [0.3, 0.4) is 0 Å². The molecule has 20 heavy (non-hydrogen) atoms. The fraction of sp³-hybridized carbons (Fsp3) is 0.250. The van der Waals surface area contributed by atoms with E-state index in [2.05, 4.69) is 10.3 Å². The lowest BCUT2D eigenvalue weighted by molar-refractivity contribution is -0.120. The number of rotatable bonds is 3. The maximum absolute atomic E-state index is 12.5. The van der Waals surface area contributed by atoms with Crippen molar-refractivity contribution in [2.75, 3.05) is 11.1 Å². The zero-order valence-electron chi connectivity index (χ0n) is 12.0. The summed E-state index contributed by atoms with van der Waals surface area (Å²) in [6.07, 6.45) is 1.67. The number of nitrogens with one attached hydrogen (secondary N) is 1. The van der Waals surface area contributed by atoms with E-state index in [-0.39, 0.29) is 5.91 Å². The number of anilines is 2. The third kappa shape index (κ3) is 2.79. The van der Waals surface area contributed by atoms with E-state index in [1.165, 1.54) is 0 Å². The first-order valence-corrected chi connectivity index (χ1v) is 6.50. The Kier molecular flexibility index (Phi) is 3.74. The van der Waals surface area contributed by atoms with Crippen LogP contribution in [0.5, 0.6) is 0 Å². The van der Waals surface area contributed by atoms with E-state index in [0.717, 1.165) is 11.1 Å². The molecule has 104 valence electrons. The standard InChI is InChI=1S/C16H19N3O/c1-11-5-4-10-18-14(11)19-15(20)16(2,3)12-6-8-13(17)9-7-12/h4-10H,17H2,1-3H3,(H,18,19,20). The van der Waals surface area contributed by atoms with Crippen molar-refractivity contribution in [1.29, 1.82) is 0 Å². The van der Waals surface area contributed by atoms with Gasteiger partial charge in [0.05, 0.1) is 5.41 Å². The average Bonchev–Trinajstić information content (AvgIpc) is 2.41. The Hall–Kier alpha value is -2.36. The Morgan fingerprint density at radius 3 is 2.45 bits per heavy atom. The Labute approximate surface area is 119 Å². The number of carbonyl (C=O) groups is 1.